The normalized spacial score (nSPS) is 15.0. The maximum absolute atomic E-state index is 3.50. The average molecular weight is 279 g/mol. The highest BCUT2D eigenvalue weighted by Crippen LogP contribution is 2.27. The molecular weight excluding hydrogens is 254 g/mol. The zero-order valence-electron chi connectivity index (χ0n) is 13.4. The van der Waals surface area contributed by atoms with Crippen LogP contribution in [0.2, 0.25) is 0 Å². The van der Waals surface area contributed by atoms with Gasteiger partial charge in [0.2, 0.25) is 0 Å². The predicted octanol–water partition coefficient (Wildman–Crippen LogP) is 4.30. The van der Waals surface area contributed by atoms with Gasteiger partial charge in [-0.05, 0) is 68.8 Å². The molecule has 0 radical (unpaired) electrons. The van der Waals surface area contributed by atoms with Crippen LogP contribution in [0, 0.1) is 13.8 Å². The van der Waals surface area contributed by atoms with Crippen molar-refractivity contribution in [2.24, 2.45) is 0 Å². The highest BCUT2D eigenvalue weighted by molar-refractivity contribution is 5.37. The second-order valence-electron chi connectivity index (χ2n) is 6.42. The molecule has 1 atom stereocenters. The standard InChI is InChI=1S/C20H25N/c1-14-9-15(2)11-16(10-14)12-20(21-3)19-8-7-17-5-4-6-18(17)13-19/h7-11,13,20-21H,4-6,12H2,1-3H3. The van der Waals surface area contributed by atoms with E-state index in [9.17, 15) is 0 Å². The maximum atomic E-state index is 3.50. The molecule has 0 bridgehead atoms. The molecular formula is C20H25N. The summed E-state index contributed by atoms with van der Waals surface area (Å²) in [4.78, 5) is 0. The third-order valence-corrected chi connectivity index (χ3v) is 4.59. The molecule has 0 aliphatic heterocycles. The molecule has 1 aliphatic carbocycles. The Hall–Kier alpha value is -1.60. The molecule has 0 spiro atoms. The first kappa shape index (κ1) is 14.3. The van der Waals surface area contributed by atoms with E-state index in [0.29, 0.717) is 6.04 Å². The largest absolute Gasteiger partial charge is 0.313 e. The van der Waals surface area contributed by atoms with E-state index in [4.69, 9.17) is 0 Å². The number of rotatable bonds is 4. The van der Waals surface area contributed by atoms with Crippen molar-refractivity contribution in [1.29, 1.82) is 0 Å². The molecule has 0 heterocycles. The van der Waals surface area contributed by atoms with Crippen LogP contribution >= 0.6 is 0 Å². The van der Waals surface area contributed by atoms with Gasteiger partial charge in [0.25, 0.3) is 0 Å². The van der Waals surface area contributed by atoms with Crippen LogP contribution in [0.4, 0.5) is 0 Å². The molecule has 0 aromatic heterocycles. The number of hydrogen-bond donors (Lipinski definition) is 1. The highest BCUT2D eigenvalue weighted by Gasteiger charge is 2.15. The fraction of sp³-hybridized carbons (Fsp3) is 0.400. The fourth-order valence-electron chi connectivity index (χ4n) is 3.62. The number of nitrogens with one attached hydrogen (secondary N) is 1. The van der Waals surface area contributed by atoms with E-state index >= 15 is 0 Å². The topological polar surface area (TPSA) is 12.0 Å². The molecule has 2 aromatic rings. The van der Waals surface area contributed by atoms with Gasteiger partial charge in [0.1, 0.15) is 0 Å². The number of benzene rings is 2. The maximum Gasteiger partial charge on any atom is 0.0358 e. The summed E-state index contributed by atoms with van der Waals surface area (Å²) in [6.45, 7) is 4.36. The summed E-state index contributed by atoms with van der Waals surface area (Å²) in [5, 5.41) is 3.50. The van der Waals surface area contributed by atoms with Gasteiger partial charge < -0.3 is 5.32 Å². The lowest BCUT2D eigenvalue weighted by Crippen LogP contribution is -2.19. The number of likely N-dealkylation sites (N-methyl/N-ethyl adjacent to an activating group) is 1. The second kappa shape index (κ2) is 6.03. The van der Waals surface area contributed by atoms with E-state index in [0.717, 1.165) is 6.42 Å². The van der Waals surface area contributed by atoms with Crippen LogP contribution in [0.3, 0.4) is 0 Å². The lowest BCUT2D eigenvalue weighted by molar-refractivity contribution is 0.591. The summed E-state index contributed by atoms with van der Waals surface area (Å²) in [6.07, 6.45) is 4.89. The zero-order valence-corrected chi connectivity index (χ0v) is 13.4. The second-order valence-corrected chi connectivity index (χ2v) is 6.42. The minimum absolute atomic E-state index is 0.400. The van der Waals surface area contributed by atoms with Gasteiger partial charge in [0.15, 0.2) is 0 Å². The Labute approximate surface area is 128 Å². The Bertz CT molecular complexity index is 622. The van der Waals surface area contributed by atoms with Crippen molar-refractivity contribution in [3.63, 3.8) is 0 Å². The van der Waals surface area contributed by atoms with Crippen molar-refractivity contribution in [2.45, 2.75) is 45.6 Å². The Morgan fingerprint density at radius 1 is 0.952 bits per heavy atom. The van der Waals surface area contributed by atoms with E-state index < -0.39 is 0 Å². The van der Waals surface area contributed by atoms with Crippen molar-refractivity contribution in [3.8, 4) is 0 Å². The van der Waals surface area contributed by atoms with Gasteiger partial charge in [-0.2, -0.15) is 0 Å². The molecule has 1 aliphatic rings. The van der Waals surface area contributed by atoms with Gasteiger partial charge in [0.05, 0.1) is 0 Å². The molecule has 0 fully saturated rings. The molecule has 1 nitrogen and oxygen atoms in total. The van der Waals surface area contributed by atoms with Crippen LogP contribution in [0.5, 0.6) is 0 Å². The van der Waals surface area contributed by atoms with Gasteiger partial charge in [-0.15, -0.1) is 0 Å². The van der Waals surface area contributed by atoms with Crippen molar-refractivity contribution >= 4 is 0 Å². The van der Waals surface area contributed by atoms with Gasteiger partial charge in [-0.3, -0.25) is 0 Å². The lowest BCUT2D eigenvalue weighted by Gasteiger charge is -2.18. The van der Waals surface area contributed by atoms with Gasteiger partial charge in [0, 0.05) is 6.04 Å². The number of fused-ring (bicyclic) bond motifs is 1. The van der Waals surface area contributed by atoms with E-state index in [-0.39, 0.29) is 0 Å². The minimum atomic E-state index is 0.400. The average Bonchev–Trinajstić information content (AvgIpc) is 2.91. The summed E-state index contributed by atoms with van der Waals surface area (Å²) >= 11 is 0. The first-order valence-corrected chi connectivity index (χ1v) is 8.02. The fourth-order valence-corrected chi connectivity index (χ4v) is 3.62. The van der Waals surface area contributed by atoms with Crippen molar-refractivity contribution in [1.82, 2.24) is 5.32 Å². The van der Waals surface area contributed by atoms with Crippen LogP contribution < -0.4 is 5.32 Å². The monoisotopic (exact) mass is 279 g/mol. The van der Waals surface area contributed by atoms with Gasteiger partial charge in [-0.25, -0.2) is 0 Å². The van der Waals surface area contributed by atoms with Crippen LogP contribution in [0.15, 0.2) is 36.4 Å². The van der Waals surface area contributed by atoms with Crippen LogP contribution in [-0.2, 0) is 19.3 Å². The quantitative estimate of drug-likeness (QED) is 0.880. The van der Waals surface area contributed by atoms with E-state index in [2.05, 4.69) is 62.6 Å². The highest BCUT2D eigenvalue weighted by atomic mass is 14.9. The lowest BCUT2D eigenvalue weighted by atomic mass is 9.94. The molecule has 2 aromatic carbocycles. The van der Waals surface area contributed by atoms with Crippen molar-refractivity contribution in [3.05, 3.63) is 69.8 Å². The Morgan fingerprint density at radius 2 is 1.67 bits per heavy atom. The molecule has 0 saturated carbocycles. The van der Waals surface area contributed by atoms with Crippen LogP contribution in [0.1, 0.15) is 45.8 Å². The molecule has 1 N–H and O–H groups in total. The van der Waals surface area contributed by atoms with E-state index in [1.807, 2.05) is 0 Å². The first-order chi connectivity index (χ1) is 10.2. The molecule has 0 amide bonds. The van der Waals surface area contributed by atoms with E-state index in [1.165, 1.54) is 41.5 Å². The number of hydrogen-bond acceptors (Lipinski definition) is 1. The predicted molar refractivity (Wildman–Crippen MR) is 89.9 cm³/mol. The van der Waals surface area contributed by atoms with Crippen LogP contribution in [0.25, 0.3) is 0 Å². The molecule has 21 heavy (non-hydrogen) atoms. The summed E-state index contributed by atoms with van der Waals surface area (Å²) in [6, 6.07) is 14.3. The molecule has 1 unspecified atom stereocenters. The van der Waals surface area contributed by atoms with Crippen molar-refractivity contribution < 1.29 is 0 Å². The summed E-state index contributed by atoms with van der Waals surface area (Å²) < 4.78 is 0. The first-order valence-electron chi connectivity index (χ1n) is 8.02. The third-order valence-electron chi connectivity index (χ3n) is 4.59. The number of aryl methyl sites for hydroxylation is 4. The summed E-state index contributed by atoms with van der Waals surface area (Å²) in [7, 11) is 2.07. The Balaban J connectivity index is 1.84. The Morgan fingerprint density at radius 3 is 2.38 bits per heavy atom. The smallest absolute Gasteiger partial charge is 0.0358 e. The minimum Gasteiger partial charge on any atom is -0.313 e. The summed E-state index contributed by atoms with van der Waals surface area (Å²) in [5.41, 5.74) is 8.68. The zero-order chi connectivity index (χ0) is 14.8. The molecule has 110 valence electrons. The van der Waals surface area contributed by atoms with Crippen LogP contribution in [-0.4, -0.2) is 7.05 Å². The third kappa shape index (κ3) is 3.19. The SMILES string of the molecule is CNC(Cc1cc(C)cc(C)c1)c1ccc2c(c1)CCC2. The Kier molecular flexibility index (Phi) is 4.12. The summed E-state index contributed by atoms with van der Waals surface area (Å²) in [5.74, 6) is 0. The van der Waals surface area contributed by atoms with Gasteiger partial charge in [-0.1, -0.05) is 47.5 Å². The van der Waals surface area contributed by atoms with E-state index in [1.54, 1.807) is 11.1 Å². The van der Waals surface area contributed by atoms with Crippen molar-refractivity contribution in [2.75, 3.05) is 7.05 Å². The molecule has 3 rings (SSSR count). The molecule has 0 saturated heterocycles. The molecule has 1 heteroatoms. The van der Waals surface area contributed by atoms with Gasteiger partial charge >= 0.3 is 0 Å².